The number of hydrogen-bond donors (Lipinski definition) is 3. The number of ether oxygens (including phenoxy) is 1. The number of piperazine rings is 1. The van der Waals surface area contributed by atoms with E-state index in [2.05, 4.69) is 65.0 Å². The molecule has 3 amide bonds. The Morgan fingerprint density at radius 1 is 0.964 bits per heavy atom. The maximum atomic E-state index is 14.8. The number of likely N-dealkylation sites (tertiary alicyclic amines) is 1. The molecule has 1 saturated carbocycles. The van der Waals surface area contributed by atoms with Gasteiger partial charge in [0.2, 0.25) is 11.8 Å². The standard InChI is InChI=1S/C44H61ClN6O4S/c1-31(2)46-22-9-8-14-37(48-35-17-19-44(20-18-35)21-23-49(30-44)28-34-11-6-5-7-12-34)42(53)51-25-24-50(29-38(51)41(52)47-27-36-13-10-26-56-36)43(54)55-39-16-15-32(3)33(4)40(39)45/h5-7,10-13,15-16,26,31,35,37-38,46,48H,8-9,14,17-25,27-30H2,1-4H3,(H,47,52)/t35?,37-,38+,44?/m1/s1. The van der Waals surface area contributed by atoms with Crippen molar-refractivity contribution in [2.24, 2.45) is 5.41 Å². The molecule has 3 heterocycles. The van der Waals surface area contributed by atoms with Gasteiger partial charge < -0.3 is 30.5 Å². The molecule has 3 N–H and O–H groups in total. The SMILES string of the molecule is Cc1ccc(OC(=O)N2CCN(C(=O)[C@@H](CCCCNC(C)C)NC3CCC4(CC3)CCN(Cc3ccccc3)C4)[C@H](C(=O)NCc3cccs3)C2)c(Cl)c1C. The highest BCUT2D eigenvalue weighted by Gasteiger charge is 2.43. The highest BCUT2D eigenvalue weighted by molar-refractivity contribution is 7.09. The van der Waals surface area contributed by atoms with Crippen LogP contribution in [-0.2, 0) is 22.7 Å². The molecule has 2 atom stereocenters. The maximum absolute atomic E-state index is 14.8. The lowest BCUT2D eigenvalue weighted by Crippen LogP contribution is -2.64. The number of rotatable bonds is 15. The number of carbonyl (C=O) groups excluding carboxylic acids is 3. The fourth-order valence-electron chi connectivity index (χ4n) is 8.57. The molecule has 1 aliphatic carbocycles. The molecule has 12 heteroatoms. The highest BCUT2D eigenvalue weighted by atomic mass is 35.5. The summed E-state index contributed by atoms with van der Waals surface area (Å²) in [6, 6.07) is 17.6. The van der Waals surface area contributed by atoms with Crippen LogP contribution in [0.4, 0.5) is 4.79 Å². The summed E-state index contributed by atoms with van der Waals surface area (Å²) in [6.45, 7) is 13.1. The van der Waals surface area contributed by atoms with Crippen LogP contribution in [0, 0.1) is 19.3 Å². The van der Waals surface area contributed by atoms with Crippen LogP contribution < -0.4 is 20.7 Å². The number of nitrogens with one attached hydrogen (secondary N) is 3. The van der Waals surface area contributed by atoms with Crippen LogP contribution in [0.25, 0.3) is 0 Å². The van der Waals surface area contributed by atoms with Gasteiger partial charge in [0.1, 0.15) is 6.04 Å². The van der Waals surface area contributed by atoms with E-state index in [9.17, 15) is 14.4 Å². The van der Waals surface area contributed by atoms with Crippen LogP contribution in [0.15, 0.2) is 60.0 Å². The molecule has 1 aromatic heterocycles. The fraction of sp³-hybridized carbons (Fsp3) is 0.568. The first-order chi connectivity index (χ1) is 27.0. The van der Waals surface area contributed by atoms with Crippen LogP contribution in [0.5, 0.6) is 5.75 Å². The number of unbranched alkanes of at least 4 members (excludes halogenated alkanes) is 1. The van der Waals surface area contributed by atoms with Gasteiger partial charge in [0, 0.05) is 43.1 Å². The molecule has 6 rings (SSSR count). The van der Waals surface area contributed by atoms with Gasteiger partial charge >= 0.3 is 6.09 Å². The number of aryl methyl sites for hydroxylation is 1. The number of benzene rings is 2. The van der Waals surface area contributed by atoms with Crippen molar-refractivity contribution < 1.29 is 19.1 Å². The van der Waals surface area contributed by atoms with Crippen molar-refractivity contribution in [3.05, 3.63) is 86.6 Å². The maximum Gasteiger partial charge on any atom is 0.415 e. The number of nitrogens with zero attached hydrogens (tertiary/aromatic N) is 3. The largest absolute Gasteiger partial charge is 0.415 e. The smallest absolute Gasteiger partial charge is 0.409 e. The van der Waals surface area contributed by atoms with Gasteiger partial charge in [-0.05, 0) is 112 Å². The van der Waals surface area contributed by atoms with Crippen molar-refractivity contribution in [3.63, 3.8) is 0 Å². The average molecular weight is 806 g/mol. The lowest BCUT2D eigenvalue weighted by molar-refractivity contribution is -0.145. The van der Waals surface area contributed by atoms with Crippen molar-refractivity contribution in [1.82, 2.24) is 30.7 Å². The summed E-state index contributed by atoms with van der Waals surface area (Å²) in [7, 11) is 0. The van der Waals surface area contributed by atoms with Gasteiger partial charge in [-0.15, -0.1) is 11.3 Å². The summed E-state index contributed by atoms with van der Waals surface area (Å²) in [4.78, 5) is 49.2. The number of halogens is 1. The molecule has 0 unspecified atom stereocenters. The summed E-state index contributed by atoms with van der Waals surface area (Å²) in [5, 5.41) is 12.7. The molecule has 0 bridgehead atoms. The number of amides is 3. The second kappa shape index (κ2) is 19.8. The molecule has 1 spiro atoms. The van der Waals surface area contributed by atoms with E-state index in [-0.39, 0.29) is 43.2 Å². The minimum atomic E-state index is -0.866. The van der Waals surface area contributed by atoms with Crippen LogP contribution in [0.3, 0.4) is 0 Å². The van der Waals surface area contributed by atoms with Crippen molar-refractivity contribution in [3.8, 4) is 5.75 Å². The third kappa shape index (κ3) is 11.1. The lowest BCUT2D eigenvalue weighted by atomic mass is 9.72. The Kier molecular flexibility index (Phi) is 14.9. The van der Waals surface area contributed by atoms with Crippen molar-refractivity contribution in [2.45, 2.75) is 116 Å². The molecule has 3 aliphatic rings. The normalized spacial score (nSPS) is 22.1. The zero-order valence-electron chi connectivity index (χ0n) is 33.7. The molecule has 3 aromatic rings. The number of carbonyl (C=O) groups is 3. The molecule has 56 heavy (non-hydrogen) atoms. The van der Waals surface area contributed by atoms with E-state index in [4.69, 9.17) is 16.3 Å². The van der Waals surface area contributed by atoms with E-state index in [0.29, 0.717) is 29.4 Å². The van der Waals surface area contributed by atoms with Gasteiger partial charge in [0.25, 0.3) is 0 Å². The van der Waals surface area contributed by atoms with Crippen molar-refractivity contribution in [2.75, 3.05) is 39.3 Å². The van der Waals surface area contributed by atoms with Gasteiger partial charge in [-0.1, -0.05) is 74.3 Å². The first-order valence-corrected chi connectivity index (χ1v) is 21.8. The molecule has 10 nitrogen and oxygen atoms in total. The molecule has 2 aromatic carbocycles. The Labute approximate surface area is 342 Å². The number of hydrogen-bond acceptors (Lipinski definition) is 8. The van der Waals surface area contributed by atoms with E-state index in [1.807, 2.05) is 37.4 Å². The predicted molar refractivity (Wildman–Crippen MR) is 225 cm³/mol. The monoisotopic (exact) mass is 804 g/mol. The van der Waals surface area contributed by atoms with E-state index >= 15 is 0 Å². The zero-order valence-corrected chi connectivity index (χ0v) is 35.2. The summed E-state index contributed by atoms with van der Waals surface area (Å²) in [5.41, 5.74) is 3.55. The molecule has 3 fully saturated rings. The molecule has 2 aliphatic heterocycles. The van der Waals surface area contributed by atoms with Gasteiger partial charge in [-0.25, -0.2) is 4.79 Å². The fourth-order valence-corrected chi connectivity index (χ4v) is 9.47. The van der Waals surface area contributed by atoms with Gasteiger partial charge in [0.15, 0.2) is 5.75 Å². The quantitative estimate of drug-likeness (QED) is 0.139. The van der Waals surface area contributed by atoms with Crippen molar-refractivity contribution in [1.29, 1.82) is 0 Å². The van der Waals surface area contributed by atoms with Crippen LogP contribution >= 0.6 is 22.9 Å². The Hall–Kier alpha value is -3.48. The average Bonchev–Trinajstić information content (AvgIpc) is 3.87. The Morgan fingerprint density at radius 3 is 2.48 bits per heavy atom. The number of thiophene rings is 1. The van der Waals surface area contributed by atoms with E-state index in [1.165, 1.54) is 16.9 Å². The lowest BCUT2D eigenvalue weighted by Gasteiger charge is -2.43. The van der Waals surface area contributed by atoms with Gasteiger partial charge in [-0.3, -0.25) is 14.5 Å². The van der Waals surface area contributed by atoms with E-state index in [1.54, 1.807) is 22.3 Å². The minimum absolute atomic E-state index is 0.0275. The van der Waals surface area contributed by atoms with Crippen LogP contribution in [0.2, 0.25) is 5.02 Å². The van der Waals surface area contributed by atoms with Crippen LogP contribution in [-0.4, -0.2) is 96.0 Å². The Balaban J connectivity index is 1.13. The third-order valence-corrected chi connectivity index (χ3v) is 13.4. The summed E-state index contributed by atoms with van der Waals surface area (Å²) < 4.78 is 5.78. The Bertz CT molecular complexity index is 1750. The van der Waals surface area contributed by atoms with Gasteiger partial charge in [0.05, 0.1) is 24.2 Å². The molecule has 0 radical (unpaired) electrons. The summed E-state index contributed by atoms with van der Waals surface area (Å²) in [5.74, 6) is -0.0725. The molecular formula is C44H61ClN6O4S. The molecule has 304 valence electrons. The molecular weight excluding hydrogens is 744 g/mol. The van der Waals surface area contributed by atoms with Crippen molar-refractivity contribution >= 4 is 40.8 Å². The highest BCUT2D eigenvalue weighted by Crippen LogP contribution is 2.44. The topological polar surface area (TPSA) is 106 Å². The second-order valence-corrected chi connectivity index (χ2v) is 17.9. The molecule has 2 saturated heterocycles. The Morgan fingerprint density at radius 2 is 1.75 bits per heavy atom. The zero-order chi connectivity index (χ0) is 39.7. The second-order valence-electron chi connectivity index (χ2n) is 16.5. The predicted octanol–water partition coefficient (Wildman–Crippen LogP) is 7.31. The summed E-state index contributed by atoms with van der Waals surface area (Å²) in [6.07, 6.45) is 7.52. The first kappa shape index (κ1) is 42.1. The van der Waals surface area contributed by atoms with E-state index < -0.39 is 18.2 Å². The van der Waals surface area contributed by atoms with E-state index in [0.717, 1.165) is 80.7 Å². The summed E-state index contributed by atoms with van der Waals surface area (Å²) >= 11 is 8.12. The van der Waals surface area contributed by atoms with Crippen LogP contribution in [0.1, 0.15) is 86.8 Å². The minimum Gasteiger partial charge on any atom is -0.409 e. The van der Waals surface area contributed by atoms with Gasteiger partial charge in [-0.2, -0.15) is 0 Å². The first-order valence-electron chi connectivity index (χ1n) is 20.6. The third-order valence-electron chi connectivity index (χ3n) is 12.1.